The van der Waals surface area contributed by atoms with Crippen molar-refractivity contribution in [3.8, 4) is 11.5 Å². The third kappa shape index (κ3) is 5.72. The molecule has 2 rings (SSSR count). The number of nitrogens with zero attached hydrogens (tertiary/aromatic N) is 1. The van der Waals surface area contributed by atoms with Crippen LogP contribution in [0.15, 0.2) is 24.3 Å². The Morgan fingerprint density at radius 3 is 2.44 bits per heavy atom. The van der Waals surface area contributed by atoms with E-state index < -0.39 is 12.1 Å². The third-order valence-electron chi connectivity index (χ3n) is 4.21. The average Bonchev–Trinajstić information content (AvgIpc) is 2.64. The van der Waals surface area contributed by atoms with Crippen LogP contribution in [0.3, 0.4) is 0 Å². The second kappa shape index (κ2) is 9.41. The number of hydrogen-bond donors (Lipinski definition) is 0. The highest BCUT2D eigenvalue weighted by atomic mass is 16.5. The van der Waals surface area contributed by atoms with Gasteiger partial charge >= 0.3 is 5.97 Å². The summed E-state index contributed by atoms with van der Waals surface area (Å²) in [5.41, 5.74) is 0.699. The summed E-state index contributed by atoms with van der Waals surface area (Å²) >= 11 is 0. The van der Waals surface area contributed by atoms with Gasteiger partial charge in [-0.1, -0.05) is 0 Å². The van der Waals surface area contributed by atoms with Crippen LogP contribution in [0.5, 0.6) is 11.5 Å². The lowest BCUT2D eigenvalue weighted by Gasteiger charge is -2.36. The van der Waals surface area contributed by atoms with E-state index in [1.165, 1.54) is 13.2 Å². The number of methoxy groups -OCH3 is 2. The maximum Gasteiger partial charge on any atom is 0.331 e. The molecule has 1 amide bonds. The first kappa shape index (κ1) is 20.8. The number of rotatable bonds is 6. The van der Waals surface area contributed by atoms with Gasteiger partial charge in [-0.25, -0.2) is 4.79 Å². The van der Waals surface area contributed by atoms with Gasteiger partial charge < -0.3 is 23.8 Å². The molecule has 0 bridgehead atoms. The second-order valence-electron chi connectivity index (χ2n) is 6.52. The van der Waals surface area contributed by atoms with Crippen LogP contribution < -0.4 is 9.47 Å². The molecule has 1 fully saturated rings. The van der Waals surface area contributed by atoms with E-state index in [1.807, 2.05) is 13.8 Å². The lowest BCUT2D eigenvalue weighted by Crippen LogP contribution is -2.51. The van der Waals surface area contributed by atoms with Crippen LogP contribution in [0.25, 0.3) is 6.08 Å². The van der Waals surface area contributed by atoms with Crippen molar-refractivity contribution in [2.45, 2.75) is 39.1 Å². The van der Waals surface area contributed by atoms with Crippen LogP contribution >= 0.6 is 0 Å². The molecule has 27 heavy (non-hydrogen) atoms. The van der Waals surface area contributed by atoms with Crippen molar-refractivity contribution in [3.63, 3.8) is 0 Å². The predicted octanol–water partition coefficient (Wildman–Crippen LogP) is 2.28. The molecule has 3 atom stereocenters. The van der Waals surface area contributed by atoms with Gasteiger partial charge in [-0.3, -0.25) is 4.79 Å². The molecule has 0 radical (unpaired) electrons. The minimum absolute atomic E-state index is 0.0389. The van der Waals surface area contributed by atoms with Crippen molar-refractivity contribution in [1.29, 1.82) is 0 Å². The Kier molecular flexibility index (Phi) is 7.24. The zero-order valence-electron chi connectivity index (χ0n) is 16.4. The lowest BCUT2D eigenvalue weighted by molar-refractivity contribution is -0.161. The summed E-state index contributed by atoms with van der Waals surface area (Å²) in [6.45, 7) is 6.38. The summed E-state index contributed by atoms with van der Waals surface area (Å²) in [5, 5.41) is 0. The summed E-state index contributed by atoms with van der Waals surface area (Å²) < 4.78 is 21.3. The fourth-order valence-electron chi connectivity index (χ4n) is 2.99. The highest BCUT2D eigenvalue weighted by molar-refractivity contribution is 5.90. The molecule has 1 aliphatic rings. The maximum absolute atomic E-state index is 12.5. The Morgan fingerprint density at radius 2 is 1.85 bits per heavy atom. The number of morpholine rings is 1. The molecule has 3 unspecified atom stereocenters. The number of hydrogen-bond acceptors (Lipinski definition) is 6. The van der Waals surface area contributed by atoms with E-state index in [1.54, 1.807) is 43.2 Å². The van der Waals surface area contributed by atoms with Gasteiger partial charge in [0.05, 0.1) is 26.4 Å². The van der Waals surface area contributed by atoms with Gasteiger partial charge in [-0.15, -0.1) is 0 Å². The molecular weight excluding hydrogens is 350 g/mol. The number of benzene rings is 1. The van der Waals surface area contributed by atoms with E-state index in [0.717, 1.165) is 0 Å². The summed E-state index contributed by atoms with van der Waals surface area (Å²) in [7, 11) is 3.10. The Morgan fingerprint density at radius 1 is 1.19 bits per heavy atom. The van der Waals surface area contributed by atoms with Crippen molar-refractivity contribution in [1.82, 2.24) is 4.90 Å². The van der Waals surface area contributed by atoms with Crippen molar-refractivity contribution < 1.29 is 28.5 Å². The number of ether oxygens (including phenoxy) is 4. The molecule has 148 valence electrons. The molecular formula is C20H27NO6. The SMILES string of the molecule is COc1ccc(/C=C/C(=O)OC(C)C(=O)N2CC(C)OC(C)C2)c(OC)c1. The van der Waals surface area contributed by atoms with Crippen molar-refractivity contribution in [2.24, 2.45) is 0 Å². The van der Waals surface area contributed by atoms with E-state index in [9.17, 15) is 9.59 Å². The van der Waals surface area contributed by atoms with Gasteiger partial charge in [0.25, 0.3) is 5.91 Å². The van der Waals surface area contributed by atoms with Crippen molar-refractivity contribution in [2.75, 3.05) is 27.3 Å². The standard InChI is InChI=1S/C20H27NO6/c1-13-11-21(12-14(2)26-13)20(23)15(3)27-19(22)9-7-16-6-8-17(24-4)10-18(16)25-5/h6-10,13-15H,11-12H2,1-5H3/b9-7+. The van der Waals surface area contributed by atoms with E-state index in [4.69, 9.17) is 18.9 Å². The minimum atomic E-state index is -0.864. The maximum atomic E-state index is 12.5. The summed E-state index contributed by atoms with van der Waals surface area (Å²) in [6, 6.07) is 5.25. The van der Waals surface area contributed by atoms with Gasteiger partial charge in [0.15, 0.2) is 6.10 Å². The van der Waals surface area contributed by atoms with Gasteiger partial charge in [0.2, 0.25) is 0 Å². The van der Waals surface area contributed by atoms with Crippen LogP contribution in [-0.4, -0.2) is 62.4 Å². The van der Waals surface area contributed by atoms with Gasteiger partial charge in [-0.05, 0) is 39.0 Å². The highest BCUT2D eigenvalue weighted by Gasteiger charge is 2.30. The first-order valence-electron chi connectivity index (χ1n) is 8.89. The van der Waals surface area contributed by atoms with E-state index >= 15 is 0 Å². The summed E-state index contributed by atoms with van der Waals surface area (Å²) in [6.07, 6.45) is 1.92. The Labute approximate surface area is 159 Å². The van der Waals surface area contributed by atoms with Crippen LogP contribution in [0.1, 0.15) is 26.3 Å². The van der Waals surface area contributed by atoms with E-state index in [0.29, 0.717) is 30.2 Å². The molecule has 1 aliphatic heterocycles. The van der Waals surface area contributed by atoms with Gasteiger partial charge in [0, 0.05) is 30.8 Å². The third-order valence-corrected chi connectivity index (χ3v) is 4.21. The molecule has 0 aromatic heterocycles. The molecule has 1 aromatic rings. The van der Waals surface area contributed by atoms with Crippen LogP contribution in [0.2, 0.25) is 0 Å². The Bertz CT molecular complexity index is 692. The molecule has 7 nitrogen and oxygen atoms in total. The highest BCUT2D eigenvalue weighted by Crippen LogP contribution is 2.25. The molecule has 0 aliphatic carbocycles. The van der Waals surface area contributed by atoms with E-state index in [-0.39, 0.29) is 18.1 Å². The quantitative estimate of drug-likeness (QED) is 0.559. The van der Waals surface area contributed by atoms with Crippen LogP contribution in [-0.2, 0) is 19.1 Å². The molecule has 1 saturated heterocycles. The van der Waals surface area contributed by atoms with Crippen molar-refractivity contribution in [3.05, 3.63) is 29.8 Å². The summed E-state index contributed by atoms with van der Waals surface area (Å²) in [5.74, 6) is 0.405. The van der Waals surface area contributed by atoms with Crippen LogP contribution in [0.4, 0.5) is 0 Å². The predicted molar refractivity (Wildman–Crippen MR) is 101 cm³/mol. The average molecular weight is 377 g/mol. The molecule has 0 saturated carbocycles. The zero-order chi connectivity index (χ0) is 20.0. The second-order valence-corrected chi connectivity index (χ2v) is 6.52. The monoisotopic (exact) mass is 377 g/mol. The summed E-state index contributed by atoms with van der Waals surface area (Å²) in [4.78, 5) is 26.3. The molecule has 0 N–H and O–H groups in total. The van der Waals surface area contributed by atoms with Crippen LogP contribution in [0, 0.1) is 0 Å². The Balaban J connectivity index is 1.96. The first-order valence-corrected chi connectivity index (χ1v) is 8.89. The molecule has 7 heteroatoms. The number of esters is 1. The smallest absolute Gasteiger partial charge is 0.331 e. The largest absolute Gasteiger partial charge is 0.497 e. The van der Waals surface area contributed by atoms with Gasteiger partial charge in [0.1, 0.15) is 11.5 Å². The lowest BCUT2D eigenvalue weighted by atomic mass is 10.1. The topological polar surface area (TPSA) is 74.3 Å². The first-order chi connectivity index (χ1) is 12.8. The van der Waals surface area contributed by atoms with E-state index in [2.05, 4.69) is 0 Å². The number of amides is 1. The van der Waals surface area contributed by atoms with Gasteiger partial charge in [-0.2, -0.15) is 0 Å². The van der Waals surface area contributed by atoms with Crippen molar-refractivity contribution >= 4 is 18.0 Å². The molecule has 0 spiro atoms. The minimum Gasteiger partial charge on any atom is -0.497 e. The Hall–Kier alpha value is -2.54. The number of carbonyl (C=O) groups is 2. The fraction of sp³-hybridized carbons (Fsp3) is 0.500. The normalized spacial score (nSPS) is 21.0. The number of carbonyl (C=O) groups excluding carboxylic acids is 2. The zero-order valence-corrected chi connectivity index (χ0v) is 16.4. The fourth-order valence-corrected chi connectivity index (χ4v) is 2.99. The molecule has 1 aromatic carbocycles. The molecule has 1 heterocycles.